The van der Waals surface area contributed by atoms with Gasteiger partial charge in [-0.1, -0.05) is 19.1 Å². The third-order valence-electron chi connectivity index (χ3n) is 5.23. The molecule has 2 atom stereocenters. The number of benzene rings is 1. The van der Waals surface area contributed by atoms with E-state index in [4.69, 9.17) is 4.42 Å². The van der Waals surface area contributed by atoms with Crippen molar-refractivity contribution in [1.29, 1.82) is 0 Å². The van der Waals surface area contributed by atoms with Crippen LogP contribution >= 0.6 is 0 Å². The molecular weight excluding hydrogens is 370 g/mol. The van der Waals surface area contributed by atoms with Gasteiger partial charge in [-0.25, -0.2) is 0 Å². The lowest BCUT2D eigenvalue weighted by molar-refractivity contribution is -0.121. The molecule has 3 rings (SSSR count). The highest BCUT2D eigenvalue weighted by atomic mass is 16.3. The van der Waals surface area contributed by atoms with E-state index in [2.05, 4.69) is 10.6 Å². The monoisotopic (exact) mass is 397 g/mol. The van der Waals surface area contributed by atoms with Crippen LogP contribution in [-0.4, -0.2) is 41.8 Å². The van der Waals surface area contributed by atoms with E-state index in [-0.39, 0.29) is 35.4 Å². The van der Waals surface area contributed by atoms with E-state index in [0.717, 1.165) is 12.8 Å². The molecule has 0 spiro atoms. The molecule has 154 valence electrons. The van der Waals surface area contributed by atoms with Gasteiger partial charge in [0, 0.05) is 19.1 Å². The number of amides is 3. The van der Waals surface area contributed by atoms with Gasteiger partial charge in [-0.2, -0.15) is 0 Å². The van der Waals surface area contributed by atoms with Gasteiger partial charge < -0.3 is 20.0 Å². The smallest absolute Gasteiger partial charge is 0.289 e. The number of nitrogens with zero attached hydrogens (tertiary/aromatic N) is 1. The first-order chi connectivity index (χ1) is 14.0. The molecule has 1 aliphatic heterocycles. The number of hydrogen-bond acceptors (Lipinski definition) is 4. The lowest BCUT2D eigenvalue weighted by Gasteiger charge is -2.31. The average Bonchev–Trinajstić information content (AvgIpc) is 3.28. The number of likely N-dealkylation sites (tertiary alicyclic amines) is 1. The Morgan fingerprint density at radius 1 is 1.21 bits per heavy atom. The molecule has 2 aromatic rings. The highest BCUT2D eigenvalue weighted by Gasteiger charge is 2.30. The Bertz CT molecular complexity index is 863. The summed E-state index contributed by atoms with van der Waals surface area (Å²) in [4.78, 5) is 39.6. The SMILES string of the molecule is CC[C@@H](C)NC(=O)c1ccccc1NC(=O)[C@H]1CCCN(C(=O)c2ccco2)C1. The normalized spacial score (nSPS) is 17.4. The Balaban J connectivity index is 1.67. The predicted molar refractivity (Wildman–Crippen MR) is 110 cm³/mol. The van der Waals surface area contributed by atoms with Crippen LogP contribution in [0.5, 0.6) is 0 Å². The first-order valence-electron chi connectivity index (χ1n) is 10.0. The molecule has 1 saturated heterocycles. The number of piperidine rings is 1. The van der Waals surface area contributed by atoms with E-state index in [1.807, 2.05) is 13.8 Å². The van der Waals surface area contributed by atoms with Gasteiger partial charge in [-0.3, -0.25) is 14.4 Å². The van der Waals surface area contributed by atoms with Gasteiger partial charge in [-0.05, 0) is 50.5 Å². The van der Waals surface area contributed by atoms with Crippen LogP contribution < -0.4 is 10.6 Å². The number of anilines is 1. The van der Waals surface area contributed by atoms with Crippen molar-refractivity contribution in [2.24, 2.45) is 5.92 Å². The van der Waals surface area contributed by atoms with Crippen molar-refractivity contribution in [2.75, 3.05) is 18.4 Å². The van der Waals surface area contributed by atoms with Crippen LogP contribution in [0, 0.1) is 5.92 Å². The maximum Gasteiger partial charge on any atom is 0.289 e. The summed E-state index contributed by atoms with van der Waals surface area (Å²) in [5.74, 6) is -0.674. The van der Waals surface area contributed by atoms with Gasteiger partial charge in [0.2, 0.25) is 5.91 Å². The fraction of sp³-hybridized carbons (Fsp3) is 0.409. The lowest BCUT2D eigenvalue weighted by Crippen LogP contribution is -2.43. The van der Waals surface area contributed by atoms with Crippen molar-refractivity contribution < 1.29 is 18.8 Å². The van der Waals surface area contributed by atoms with E-state index < -0.39 is 0 Å². The molecule has 0 unspecified atom stereocenters. The van der Waals surface area contributed by atoms with Gasteiger partial charge >= 0.3 is 0 Å². The van der Waals surface area contributed by atoms with Crippen molar-refractivity contribution in [1.82, 2.24) is 10.2 Å². The molecular formula is C22H27N3O4. The zero-order valence-electron chi connectivity index (χ0n) is 16.8. The molecule has 7 heteroatoms. The van der Waals surface area contributed by atoms with Gasteiger partial charge in [0.25, 0.3) is 11.8 Å². The summed E-state index contributed by atoms with van der Waals surface area (Å²) < 4.78 is 5.19. The molecule has 0 aliphatic carbocycles. The summed E-state index contributed by atoms with van der Waals surface area (Å²) >= 11 is 0. The van der Waals surface area contributed by atoms with Crippen LogP contribution in [0.4, 0.5) is 5.69 Å². The minimum atomic E-state index is -0.339. The van der Waals surface area contributed by atoms with E-state index in [1.54, 1.807) is 41.3 Å². The minimum absolute atomic E-state index is 0.0470. The number of carbonyl (C=O) groups is 3. The van der Waals surface area contributed by atoms with E-state index in [9.17, 15) is 14.4 Å². The van der Waals surface area contributed by atoms with Crippen LogP contribution in [0.15, 0.2) is 47.1 Å². The summed E-state index contributed by atoms with van der Waals surface area (Å²) in [6.45, 7) is 4.85. The average molecular weight is 397 g/mol. The van der Waals surface area contributed by atoms with Crippen LogP contribution in [0.1, 0.15) is 54.0 Å². The van der Waals surface area contributed by atoms with E-state index >= 15 is 0 Å². The summed E-state index contributed by atoms with van der Waals surface area (Å²) in [6, 6.07) is 10.3. The third kappa shape index (κ3) is 5.04. The fourth-order valence-electron chi connectivity index (χ4n) is 3.36. The second-order valence-corrected chi connectivity index (χ2v) is 7.39. The molecule has 1 fully saturated rings. The Morgan fingerprint density at radius 3 is 2.72 bits per heavy atom. The molecule has 2 N–H and O–H groups in total. The molecule has 0 saturated carbocycles. The predicted octanol–water partition coefficient (Wildman–Crippen LogP) is 3.30. The maximum atomic E-state index is 12.9. The van der Waals surface area contributed by atoms with Crippen molar-refractivity contribution in [3.63, 3.8) is 0 Å². The second kappa shape index (κ2) is 9.41. The zero-order valence-corrected chi connectivity index (χ0v) is 16.8. The first-order valence-corrected chi connectivity index (χ1v) is 10.0. The van der Waals surface area contributed by atoms with Gasteiger partial charge in [-0.15, -0.1) is 0 Å². The highest BCUT2D eigenvalue weighted by molar-refractivity contribution is 6.04. The lowest BCUT2D eigenvalue weighted by atomic mass is 9.96. The molecule has 1 aromatic heterocycles. The number of para-hydroxylation sites is 1. The summed E-state index contributed by atoms with van der Waals surface area (Å²) in [6.07, 6.45) is 3.71. The Hall–Kier alpha value is -3.09. The van der Waals surface area contributed by atoms with Crippen molar-refractivity contribution in [3.8, 4) is 0 Å². The van der Waals surface area contributed by atoms with Gasteiger partial charge in [0.1, 0.15) is 0 Å². The molecule has 29 heavy (non-hydrogen) atoms. The quantitative estimate of drug-likeness (QED) is 0.782. The molecule has 0 bridgehead atoms. The van der Waals surface area contributed by atoms with Crippen molar-refractivity contribution in [2.45, 2.75) is 39.2 Å². The summed E-state index contributed by atoms with van der Waals surface area (Å²) in [5, 5.41) is 5.81. The third-order valence-corrected chi connectivity index (χ3v) is 5.23. The number of hydrogen-bond donors (Lipinski definition) is 2. The fourth-order valence-corrected chi connectivity index (χ4v) is 3.36. The highest BCUT2D eigenvalue weighted by Crippen LogP contribution is 2.22. The maximum absolute atomic E-state index is 12.9. The summed E-state index contributed by atoms with van der Waals surface area (Å²) in [7, 11) is 0. The van der Waals surface area contributed by atoms with E-state index in [1.165, 1.54) is 6.26 Å². The van der Waals surface area contributed by atoms with Crippen molar-refractivity contribution in [3.05, 3.63) is 54.0 Å². The largest absolute Gasteiger partial charge is 0.459 e. The van der Waals surface area contributed by atoms with Gasteiger partial charge in [0.05, 0.1) is 23.4 Å². The molecule has 2 heterocycles. The van der Waals surface area contributed by atoms with Crippen LogP contribution in [0.3, 0.4) is 0 Å². The summed E-state index contributed by atoms with van der Waals surface area (Å²) in [5.41, 5.74) is 0.910. The minimum Gasteiger partial charge on any atom is -0.459 e. The first kappa shape index (κ1) is 20.6. The zero-order chi connectivity index (χ0) is 20.8. The van der Waals surface area contributed by atoms with Crippen molar-refractivity contribution >= 4 is 23.4 Å². The number of rotatable bonds is 6. The Labute approximate surface area is 170 Å². The van der Waals surface area contributed by atoms with E-state index in [0.29, 0.717) is 30.8 Å². The molecule has 1 aromatic carbocycles. The molecule has 1 aliphatic rings. The van der Waals surface area contributed by atoms with Crippen LogP contribution in [-0.2, 0) is 4.79 Å². The Kier molecular flexibility index (Phi) is 6.69. The van der Waals surface area contributed by atoms with Gasteiger partial charge in [0.15, 0.2) is 5.76 Å². The number of carbonyl (C=O) groups excluding carboxylic acids is 3. The molecule has 7 nitrogen and oxygen atoms in total. The van der Waals surface area contributed by atoms with Crippen LogP contribution in [0.2, 0.25) is 0 Å². The second-order valence-electron chi connectivity index (χ2n) is 7.39. The number of nitrogens with one attached hydrogen (secondary N) is 2. The topological polar surface area (TPSA) is 91.7 Å². The standard InChI is InChI=1S/C22H27N3O4/c1-3-15(2)23-21(27)17-9-4-5-10-18(17)24-20(26)16-8-6-12-25(14-16)22(28)19-11-7-13-29-19/h4-5,7,9-11,13,15-16H,3,6,8,12,14H2,1-2H3,(H,23,27)(H,24,26)/t15-,16+/m1/s1. The molecule has 3 amide bonds. The van der Waals surface area contributed by atoms with Crippen LogP contribution in [0.25, 0.3) is 0 Å². The number of furan rings is 1. The Morgan fingerprint density at radius 2 is 2.00 bits per heavy atom. The molecule has 0 radical (unpaired) electrons.